The molecule has 0 radical (unpaired) electrons. The second-order valence-electron chi connectivity index (χ2n) is 4.59. The molecule has 1 saturated heterocycles. The highest BCUT2D eigenvalue weighted by Crippen LogP contribution is 2.34. The van der Waals surface area contributed by atoms with Crippen LogP contribution in [0, 0.1) is 0 Å². The molecule has 0 amide bonds. The number of nitrogens with one attached hydrogen (secondary N) is 1. The molecule has 0 aliphatic carbocycles. The molecule has 0 bridgehead atoms. The maximum absolute atomic E-state index is 5.89. The van der Waals surface area contributed by atoms with E-state index in [1.54, 1.807) is 0 Å². The van der Waals surface area contributed by atoms with Gasteiger partial charge >= 0.3 is 0 Å². The largest absolute Gasteiger partial charge is 0.299 e. The van der Waals surface area contributed by atoms with Crippen LogP contribution in [0.1, 0.15) is 25.8 Å². The fourth-order valence-corrected chi connectivity index (χ4v) is 3.65. The summed E-state index contributed by atoms with van der Waals surface area (Å²) in [5.41, 5.74) is 1.35. The van der Waals surface area contributed by atoms with E-state index in [4.69, 9.17) is 11.6 Å². The number of hydrogen-bond donors (Lipinski definition) is 1. The van der Waals surface area contributed by atoms with E-state index in [2.05, 4.69) is 31.3 Å². The van der Waals surface area contributed by atoms with Crippen LogP contribution < -0.4 is 5.32 Å². The molecule has 1 aromatic rings. The first kappa shape index (κ1) is 12.3. The Hall–Kier alpha value is -0.180. The molecule has 1 aromatic carbocycles. The topological polar surface area (TPSA) is 12.0 Å². The van der Waals surface area contributed by atoms with E-state index in [-0.39, 0.29) is 4.87 Å². The van der Waals surface area contributed by atoms with Crippen LogP contribution in [0.15, 0.2) is 24.3 Å². The second-order valence-corrected chi connectivity index (χ2v) is 6.55. The van der Waals surface area contributed by atoms with Gasteiger partial charge in [0.15, 0.2) is 0 Å². The van der Waals surface area contributed by atoms with E-state index >= 15 is 0 Å². The van der Waals surface area contributed by atoms with E-state index in [0.717, 1.165) is 11.4 Å². The molecule has 1 fully saturated rings. The van der Waals surface area contributed by atoms with E-state index in [9.17, 15) is 0 Å². The third-order valence-corrected chi connectivity index (χ3v) is 4.78. The zero-order valence-corrected chi connectivity index (χ0v) is 11.4. The molecule has 0 aromatic heterocycles. The number of benzene rings is 1. The normalized spacial score (nSPS) is 29.6. The van der Waals surface area contributed by atoms with Crippen LogP contribution in [0.3, 0.4) is 0 Å². The highest BCUT2D eigenvalue weighted by atomic mass is 35.5. The number of halogens is 1. The lowest BCUT2D eigenvalue weighted by atomic mass is 10.1. The van der Waals surface area contributed by atoms with Crippen molar-refractivity contribution in [1.29, 1.82) is 0 Å². The molecular formula is C13H18ClNS. The smallest absolute Gasteiger partial charge is 0.0660 e. The Kier molecular flexibility index (Phi) is 3.83. The van der Waals surface area contributed by atoms with Crippen molar-refractivity contribution in [3.8, 4) is 0 Å². The predicted octanol–water partition coefficient (Wildman–Crippen LogP) is 3.71. The summed E-state index contributed by atoms with van der Waals surface area (Å²) in [6, 6.07) is 8.85. The van der Waals surface area contributed by atoms with Crippen LogP contribution in [0.25, 0.3) is 0 Å². The van der Waals surface area contributed by atoms with E-state index < -0.39 is 0 Å². The summed E-state index contributed by atoms with van der Waals surface area (Å²) in [7, 11) is 0. The Morgan fingerprint density at radius 3 is 2.69 bits per heavy atom. The molecule has 1 heterocycles. The van der Waals surface area contributed by atoms with Gasteiger partial charge in [-0.25, -0.2) is 0 Å². The molecule has 88 valence electrons. The van der Waals surface area contributed by atoms with E-state index in [0.29, 0.717) is 6.04 Å². The molecule has 2 rings (SSSR count). The second kappa shape index (κ2) is 4.99. The summed E-state index contributed by atoms with van der Waals surface area (Å²) in [5.74, 6) is 1.22. The standard InChI is InChI=1S/C13H18ClNS/c1-3-12-9-16-13(2,15-12)8-10-4-6-11(14)7-5-10/h4-7,12,15H,3,8-9H2,1-2H3. The van der Waals surface area contributed by atoms with Crippen molar-refractivity contribution in [2.45, 2.75) is 37.6 Å². The number of hydrogen-bond acceptors (Lipinski definition) is 2. The van der Waals surface area contributed by atoms with Crippen LogP contribution in [0.2, 0.25) is 5.02 Å². The van der Waals surface area contributed by atoms with Gasteiger partial charge in [0.25, 0.3) is 0 Å². The van der Waals surface area contributed by atoms with Crippen LogP contribution in [-0.4, -0.2) is 16.7 Å². The highest BCUT2D eigenvalue weighted by Gasteiger charge is 2.33. The van der Waals surface area contributed by atoms with E-state index in [1.807, 2.05) is 23.9 Å². The molecule has 3 heteroatoms. The summed E-state index contributed by atoms with van der Waals surface area (Å²) in [4.78, 5) is 0.189. The lowest BCUT2D eigenvalue weighted by molar-refractivity contribution is 0.455. The van der Waals surface area contributed by atoms with Crippen molar-refractivity contribution in [2.75, 3.05) is 5.75 Å². The summed E-state index contributed by atoms with van der Waals surface area (Å²) < 4.78 is 0. The lowest BCUT2D eigenvalue weighted by Gasteiger charge is -2.24. The number of rotatable bonds is 3. The van der Waals surface area contributed by atoms with Gasteiger partial charge < -0.3 is 0 Å². The molecule has 1 N–H and O–H groups in total. The summed E-state index contributed by atoms with van der Waals surface area (Å²) in [6.45, 7) is 4.54. The van der Waals surface area contributed by atoms with Gasteiger partial charge in [-0.05, 0) is 37.5 Å². The Bertz CT molecular complexity index is 351. The minimum atomic E-state index is 0.189. The maximum Gasteiger partial charge on any atom is 0.0660 e. The first-order valence-electron chi connectivity index (χ1n) is 5.77. The third-order valence-electron chi connectivity index (χ3n) is 3.06. The van der Waals surface area contributed by atoms with Gasteiger partial charge in [-0.3, -0.25) is 5.32 Å². The van der Waals surface area contributed by atoms with Crippen molar-refractivity contribution in [2.24, 2.45) is 0 Å². The molecule has 2 unspecified atom stereocenters. The van der Waals surface area contributed by atoms with Crippen molar-refractivity contribution in [3.63, 3.8) is 0 Å². The minimum absolute atomic E-state index is 0.189. The summed E-state index contributed by atoms with van der Waals surface area (Å²) in [5, 5.41) is 4.52. The van der Waals surface area contributed by atoms with Crippen molar-refractivity contribution in [1.82, 2.24) is 5.32 Å². The SMILES string of the molecule is CCC1CSC(C)(Cc2ccc(Cl)cc2)N1. The molecule has 1 nitrogen and oxygen atoms in total. The summed E-state index contributed by atoms with van der Waals surface area (Å²) in [6.07, 6.45) is 2.27. The van der Waals surface area contributed by atoms with Gasteiger partial charge in [0.05, 0.1) is 4.87 Å². The Labute approximate surface area is 107 Å². The predicted molar refractivity (Wildman–Crippen MR) is 73.2 cm³/mol. The van der Waals surface area contributed by atoms with Crippen LogP contribution >= 0.6 is 23.4 Å². The molecule has 2 atom stereocenters. The van der Waals surface area contributed by atoms with Crippen LogP contribution in [0.5, 0.6) is 0 Å². The van der Waals surface area contributed by atoms with Crippen LogP contribution in [0.4, 0.5) is 0 Å². The molecule has 16 heavy (non-hydrogen) atoms. The van der Waals surface area contributed by atoms with Crippen molar-refractivity contribution < 1.29 is 0 Å². The average molecular weight is 256 g/mol. The fourth-order valence-electron chi connectivity index (χ4n) is 2.11. The molecular weight excluding hydrogens is 238 g/mol. The fraction of sp³-hybridized carbons (Fsp3) is 0.538. The minimum Gasteiger partial charge on any atom is -0.299 e. The first-order valence-corrected chi connectivity index (χ1v) is 7.14. The number of thioether (sulfide) groups is 1. The van der Waals surface area contributed by atoms with Gasteiger partial charge in [-0.1, -0.05) is 30.7 Å². The van der Waals surface area contributed by atoms with Gasteiger partial charge in [0.1, 0.15) is 0 Å². The quantitative estimate of drug-likeness (QED) is 0.884. The molecule has 0 spiro atoms. The summed E-state index contributed by atoms with van der Waals surface area (Å²) >= 11 is 7.92. The van der Waals surface area contributed by atoms with Gasteiger partial charge in [-0.2, -0.15) is 0 Å². The Morgan fingerprint density at radius 2 is 2.12 bits per heavy atom. The van der Waals surface area contributed by atoms with Gasteiger partial charge in [-0.15, -0.1) is 11.8 Å². The third kappa shape index (κ3) is 2.93. The molecule has 1 aliphatic heterocycles. The highest BCUT2D eigenvalue weighted by molar-refractivity contribution is 8.00. The average Bonchev–Trinajstić information content (AvgIpc) is 2.64. The molecule has 1 aliphatic rings. The molecule has 0 saturated carbocycles. The van der Waals surface area contributed by atoms with Gasteiger partial charge in [0.2, 0.25) is 0 Å². The van der Waals surface area contributed by atoms with Gasteiger partial charge in [0, 0.05) is 16.8 Å². The Morgan fingerprint density at radius 1 is 1.44 bits per heavy atom. The zero-order chi connectivity index (χ0) is 11.6. The van der Waals surface area contributed by atoms with Crippen LogP contribution in [-0.2, 0) is 6.42 Å². The van der Waals surface area contributed by atoms with E-state index in [1.165, 1.54) is 17.7 Å². The first-order chi connectivity index (χ1) is 7.61. The lowest BCUT2D eigenvalue weighted by Crippen LogP contribution is -2.40. The van der Waals surface area contributed by atoms with Crippen molar-refractivity contribution in [3.05, 3.63) is 34.9 Å². The maximum atomic E-state index is 5.89. The zero-order valence-electron chi connectivity index (χ0n) is 9.79. The monoisotopic (exact) mass is 255 g/mol. The van der Waals surface area contributed by atoms with Crippen molar-refractivity contribution >= 4 is 23.4 Å². The Balaban J connectivity index is 2.01.